The Morgan fingerprint density at radius 1 is 0.479 bits per heavy atom. The van der Waals surface area contributed by atoms with Crippen molar-refractivity contribution in [3.05, 3.63) is 179 Å². The Labute approximate surface area is 822 Å². The molecule has 5 aromatic carbocycles. The highest BCUT2D eigenvalue weighted by Crippen LogP contribution is 2.31. The average molecular weight is 1980 g/mol. The summed E-state index contributed by atoms with van der Waals surface area (Å²) in [4.78, 5) is 259. The summed E-state index contributed by atoms with van der Waals surface area (Å²) in [7, 11) is -2.03. The van der Waals surface area contributed by atoms with E-state index in [1.165, 1.54) is 49.5 Å². The summed E-state index contributed by atoms with van der Waals surface area (Å²) < 4.78 is 26.8. The second-order valence-corrected chi connectivity index (χ2v) is 39.0. The number of carbonyl (C=O) groups excluding carboxylic acids is 18. The molecule has 5 aliphatic rings. The van der Waals surface area contributed by atoms with Crippen LogP contribution in [0.25, 0.3) is 10.9 Å². The highest BCUT2D eigenvalue weighted by molar-refractivity contribution is 7.92. The van der Waals surface area contributed by atoms with E-state index in [-0.39, 0.29) is 165 Å². The molecule has 0 aliphatic carbocycles. The number of primary amides is 3. The second-order valence-electron chi connectivity index (χ2n) is 36.7. The topological polar surface area (TPSA) is 646 Å². The Hall–Kier alpha value is -14.5. The number of rotatable bonds is 54. The Morgan fingerprint density at radius 3 is 1.56 bits per heavy atom. The Kier molecular flexibility index (Phi) is 39.6. The van der Waals surface area contributed by atoms with E-state index in [4.69, 9.17) is 34.1 Å². The molecule has 5 saturated heterocycles. The fourth-order valence-corrected chi connectivity index (χ4v) is 21.3. The van der Waals surface area contributed by atoms with Gasteiger partial charge in [0.2, 0.25) is 95.0 Å². The number of hydrogen-bond acceptors (Lipinski definition) is 22. The molecule has 17 amide bonds. The number of likely N-dealkylation sites (N-methyl/N-ethyl adjacent to an activating group) is 1. The predicted molar refractivity (Wildman–Crippen MR) is 523 cm³/mol. The molecule has 0 saturated carbocycles. The number of para-hydroxylation sites is 1. The zero-order valence-corrected chi connectivity index (χ0v) is 80.4. The normalized spacial score (nSPS) is 18.9. The molecule has 6 heterocycles. The monoisotopic (exact) mass is 1980 g/mol. The van der Waals surface area contributed by atoms with Crippen molar-refractivity contribution < 1.29 is 94.7 Å². The van der Waals surface area contributed by atoms with Crippen LogP contribution < -0.4 is 87.2 Å². The van der Waals surface area contributed by atoms with Crippen molar-refractivity contribution in [3.8, 4) is 0 Å². The van der Waals surface area contributed by atoms with E-state index < -0.39 is 208 Å². The first-order valence-electron chi connectivity index (χ1n) is 48.4. The fourth-order valence-electron chi connectivity index (χ4n) is 19.0. The summed E-state index contributed by atoms with van der Waals surface area (Å²) in [5.74, 6) is -12.7. The number of fused-ring (bicyclic) bond motifs is 2. The number of unbranched alkanes of at least 4 members (excludes halogenated alkanes) is 3. The van der Waals surface area contributed by atoms with Crippen LogP contribution in [0.4, 0.5) is 4.79 Å². The first-order valence-corrected chi connectivity index (χ1v) is 50.1. The van der Waals surface area contributed by atoms with Gasteiger partial charge in [0, 0.05) is 114 Å². The van der Waals surface area contributed by atoms with Crippen molar-refractivity contribution in [2.75, 3.05) is 52.1 Å². The van der Waals surface area contributed by atoms with Gasteiger partial charge in [-0.05, 0) is 144 Å². The lowest BCUT2D eigenvalue weighted by atomic mass is 9.98. The molecule has 42 nitrogen and oxygen atoms in total. The minimum atomic E-state index is -3.43. The van der Waals surface area contributed by atoms with Gasteiger partial charge in [-0.2, -0.15) is 0 Å². The van der Waals surface area contributed by atoms with Crippen molar-refractivity contribution in [1.82, 2.24) is 82.7 Å². The van der Waals surface area contributed by atoms with Crippen LogP contribution in [-0.2, 0) is 112 Å². The van der Waals surface area contributed by atoms with Gasteiger partial charge in [-0.1, -0.05) is 140 Å². The number of ketones is 1. The molecular weight excluding hydrogens is 1850 g/mol. The van der Waals surface area contributed by atoms with Gasteiger partial charge in [-0.25, -0.2) is 13.2 Å². The number of likely N-dealkylation sites (tertiary alicyclic amines) is 3. The number of sulfone groups is 1. The average Bonchev–Trinajstić information content (AvgIpc) is 1.61. The summed E-state index contributed by atoms with van der Waals surface area (Å²) in [6.07, 6.45) is 3.27. The molecule has 1 aromatic heterocycles. The molecule has 0 spiro atoms. The van der Waals surface area contributed by atoms with Crippen molar-refractivity contribution in [3.63, 3.8) is 0 Å². The maximum Gasteiger partial charge on any atom is 0.315 e. The first kappa shape index (κ1) is 108. The lowest BCUT2D eigenvalue weighted by Crippen LogP contribution is -2.61. The Bertz CT molecular complexity index is 5660. The third-order valence-electron chi connectivity index (χ3n) is 26.6. The standard InChI is InChI=1S/C99H130N22O20S/c1-117(79(55-61-25-7-3-8-26-61)93(134)112-71(87(103)128)56-65-57-118(59-122)75-32-12-11-29-66(65)75)97(138)78-35-22-52-121(78)96(137)73(54-60-23-5-2-6-24-60)114-90(131)72(53-62-39-41-64(42-40-62)86(127)63-27-9-4-10-28-63)113-89(130)67(43-45-81(101)123)109-88(129)68(44-46-82(102)124)110-91(132)76-33-20-51-120(76)95(136)70(30-15-17-47-100)111-92(133)77-34-21-50-119(77)94(135)69(31-19-49-107-98(104)105)108-84(126)38-16-18-48-106-83(125)37-14-13-36-80-85-74(58-142(80,140)141)115-99(139)116-85/h2-12,23-29,32,39-42,57,59,67-74,76-80,85H,13-22,30-31,33-38,43-56,58,100H2,1H3,(H2,101,123)(H2,102,124)(H2,103,128)(H,106,125)(H,108,126)(H,109,129)(H,110,132)(H,111,133)(H,112,134)(H,113,130)(H,114,131)(H4,104,105,107)(H2,115,116,139)/t67-,68-,69-,70-,71-,72-,73-,74-,76-,77-,78+,79-,80-,85-/m0/s1. The predicted octanol–water partition coefficient (Wildman–Crippen LogP) is -0.523. The zero-order chi connectivity index (χ0) is 102. The molecule has 11 rings (SSSR count). The SMILES string of the molecule is CN(C(=O)[C@H]1CCCN1C(=O)[C@H](Cc1ccccc1)NC(=O)[C@H](Cc1ccc(C(=O)c2ccccc2)cc1)NC(=O)[C@H](CCC(N)=O)NC(=O)[C@H](CCC(N)=O)NC(=O)[C@@H]1CCCN1C(=O)[C@H](CCCCN)NC(=O)[C@@H]1CCCN1C(=O)[C@H](CCCNC(=N)N)NC(=O)CCCCNC(=O)CCCC[C@H]1[C@H]2NC(=O)N[C@H]2CS1(=O)=O)[C@@H](Cc1ccccc1)C(=O)N[C@@H](Cc1cn(C=O)c2ccccc12)C(N)=O. The molecule has 6 aromatic rings. The minimum Gasteiger partial charge on any atom is -0.370 e. The molecular formula is C99H130N22O20S. The zero-order valence-electron chi connectivity index (χ0n) is 79.5. The number of benzene rings is 5. The number of nitrogens with two attached hydrogens (primary N) is 5. The highest BCUT2D eigenvalue weighted by Gasteiger charge is 2.52. The van der Waals surface area contributed by atoms with E-state index in [0.29, 0.717) is 90.1 Å². The number of guanidine groups is 1. The van der Waals surface area contributed by atoms with Gasteiger partial charge >= 0.3 is 6.03 Å². The van der Waals surface area contributed by atoms with E-state index >= 15 is 28.8 Å². The number of carbonyl (C=O) groups is 18. The van der Waals surface area contributed by atoms with Gasteiger partial charge in [0.1, 0.15) is 66.5 Å². The van der Waals surface area contributed by atoms with Crippen molar-refractivity contribution in [2.45, 2.75) is 251 Å². The van der Waals surface area contributed by atoms with Crippen LogP contribution >= 0.6 is 0 Å². The van der Waals surface area contributed by atoms with E-state index in [1.807, 2.05) is 0 Å². The molecule has 22 N–H and O–H groups in total. The lowest BCUT2D eigenvalue weighted by Gasteiger charge is -2.35. The molecule has 5 fully saturated rings. The number of nitrogens with zero attached hydrogens (tertiary/aromatic N) is 5. The maximum atomic E-state index is 15.7. The van der Waals surface area contributed by atoms with E-state index in [1.54, 1.807) is 127 Å². The molecule has 762 valence electrons. The summed E-state index contributed by atoms with van der Waals surface area (Å²) in [5.41, 5.74) is 32.1. The summed E-state index contributed by atoms with van der Waals surface area (Å²) in [6, 6.07) is 21.8. The molecule has 14 atom stereocenters. The van der Waals surface area contributed by atoms with Crippen LogP contribution in [0.15, 0.2) is 146 Å². The number of hydrogen-bond donors (Lipinski definition) is 17. The van der Waals surface area contributed by atoms with Crippen LogP contribution in [0.3, 0.4) is 0 Å². The van der Waals surface area contributed by atoms with Crippen molar-refractivity contribution in [1.29, 1.82) is 5.41 Å². The van der Waals surface area contributed by atoms with Gasteiger partial charge in [-0.3, -0.25) is 91.5 Å². The summed E-state index contributed by atoms with van der Waals surface area (Å²) in [5, 5.41) is 37.6. The fraction of sp³-hybridized carbons (Fsp3) is 0.485. The van der Waals surface area contributed by atoms with Gasteiger partial charge in [-0.15, -0.1) is 0 Å². The van der Waals surface area contributed by atoms with Crippen molar-refractivity contribution in [2.24, 2.45) is 28.7 Å². The van der Waals surface area contributed by atoms with Crippen LogP contribution in [0.5, 0.6) is 0 Å². The van der Waals surface area contributed by atoms with Crippen molar-refractivity contribution >= 4 is 134 Å². The van der Waals surface area contributed by atoms with Gasteiger partial charge < -0.3 is 107 Å². The van der Waals surface area contributed by atoms with E-state index in [2.05, 4.69) is 58.5 Å². The molecule has 0 bridgehead atoms. The van der Waals surface area contributed by atoms with Gasteiger partial charge in [0.25, 0.3) is 0 Å². The summed E-state index contributed by atoms with van der Waals surface area (Å²) >= 11 is 0. The second kappa shape index (κ2) is 52.1. The quantitative estimate of drug-likeness (QED) is 0.00570. The minimum absolute atomic E-state index is 0.0114. The highest BCUT2D eigenvalue weighted by atomic mass is 32.2. The largest absolute Gasteiger partial charge is 0.370 e. The van der Waals surface area contributed by atoms with Gasteiger partial charge in [0.05, 0.1) is 28.6 Å². The molecule has 5 aliphatic heterocycles. The third kappa shape index (κ3) is 30.0. The first-order chi connectivity index (χ1) is 68.1. The van der Waals surface area contributed by atoms with Crippen LogP contribution in [0.2, 0.25) is 0 Å². The van der Waals surface area contributed by atoms with Gasteiger partial charge in [0.15, 0.2) is 21.6 Å². The summed E-state index contributed by atoms with van der Waals surface area (Å²) in [6.45, 7) is 0.628. The molecule has 43 heteroatoms. The Balaban J connectivity index is 0.771. The van der Waals surface area contributed by atoms with Crippen LogP contribution in [-0.4, -0.2) is 281 Å². The van der Waals surface area contributed by atoms with Crippen LogP contribution in [0.1, 0.15) is 179 Å². The van der Waals surface area contributed by atoms with E-state index in [0.717, 1.165) is 0 Å². The van der Waals surface area contributed by atoms with Crippen LogP contribution in [0, 0.1) is 5.41 Å². The molecule has 0 unspecified atom stereocenters. The number of nitrogens with one attached hydrogen (secondary N) is 12. The number of urea groups is 1. The molecule has 0 radical (unpaired) electrons. The number of aromatic nitrogens is 1. The smallest absolute Gasteiger partial charge is 0.315 e. The third-order valence-corrected chi connectivity index (χ3v) is 28.8. The lowest BCUT2D eigenvalue weighted by molar-refractivity contribution is -0.148. The molecule has 142 heavy (non-hydrogen) atoms. The number of amides is 17. The Morgan fingerprint density at radius 2 is 0.965 bits per heavy atom. The van der Waals surface area contributed by atoms with E-state index in [9.17, 15) is 66.0 Å². The maximum absolute atomic E-state index is 15.7.